The molecule has 0 aliphatic carbocycles. The lowest BCUT2D eigenvalue weighted by Crippen LogP contribution is -2.38. The topological polar surface area (TPSA) is 72.9 Å². The van der Waals surface area contributed by atoms with Crippen molar-refractivity contribution in [3.05, 3.63) is 60.2 Å². The number of carbonyl (C=O) groups is 1. The van der Waals surface area contributed by atoms with Crippen molar-refractivity contribution in [1.82, 2.24) is 4.31 Å². The number of methoxy groups -OCH3 is 1. The van der Waals surface area contributed by atoms with Gasteiger partial charge in [0.05, 0.1) is 18.6 Å². The van der Waals surface area contributed by atoms with Crippen molar-refractivity contribution in [3.63, 3.8) is 0 Å². The maximum absolute atomic E-state index is 12.9. The first-order valence-electron chi connectivity index (χ1n) is 8.31. The number of hydrogen-bond donors (Lipinski definition) is 0. The molecule has 2 aromatic carbocycles. The first-order chi connectivity index (χ1) is 12.5. The Morgan fingerprint density at radius 3 is 2.46 bits per heavy atom. The Kier molecular flexibility index (Phi) is 7.17. The predicted molar refractivity (Wildman–Crippen MR) is 98.5 cm³/mol. The van der Waals surface area contributed by atoms with Crippen LogP contribution in [-0.2, 0) is 26.0 Å². The Morgan fingerprint density at radius 1 is 1.08 bits per heavy atom. The minimum Gasteiger partial charge on any atom is -0.497 e. The van der Waals surface area contributed by atoms with Crippen molar-refractivity contribution >= 4 is 16.0 Å². The van der Waals surface area contributed by atoms with Gasteiger partial charge >= 0.3 is 5.97 Å². The first-order valence-corrected chi connectivity index (χ1v) is 9.75. The van der Waals surface area contributed by atoms with Gasteiger partial charge in [-0.1, -0.05) is 30.3 Å². The van der Waals surface area contributed by atoms with Crippen LogP contribution in [0.2, 0.25) is 0 Å². The molecular weight excluding hydrogens is 354 g/mol. The molecule has 140 valence electrons. The number of ether oxygens (including phenoxy) is 2. The third kappa shape index (κ3) is 5.31. The second kappa shape index (κ2) is 9.35. The molecule has 0 aromatic heterocycles. The highest BCUT2D eigenvalue weighted by molar-refractivity contribution is 7.89. The van der Waals surface area contributed by atoms with Gasteiger partial charge < -0.3 is 9.47 Å². The van der Waals surface area contributed by atoms with E-state index in [1.54, 1.807) is 32.2 Å². The average Bonchev–Trinajstić information content (AvgIpc) is 2.66. The molecule has 0 bridgehead atoms. The van der Waals surface area contributed by atoms with Gasteiger partial charge in [0.25, 0.3) is 0 Å². The predicted octanol–water partition coefficient (Wildman–Crippen LogP) is 2.49. The van der Waals surface area contributed by atoms with Crippen LogP contribution < -0.4 is 4.74 Å². The normalized spacial score (nSPS) is 11.3. The summed E-state index contributed by atoms with van der Waals surface area (Å²) in [6.45, 7) is 1.72. The van der Waals surface area contributed by atoms with E-state index < -0.39 is 16.0 Å². The summed E-state index contributed by atoms with van der Waals surface area (Å²) in [5, 5.41) is 0. The fourth-order valence-corrected chi connectivity index (χ4v) is 3.86. The Morgan fingerprint density at radius 2 is 1.81 bits per heavy atom. The maximum Gasteiger partial charge on any atom is 0.321 e. The number of benzene rings is 2. The Bertz CT molecular complexity index is 821. The van der Waals surface area contributed by atoms with Gasteiger partial charge in [-0.3, -0.25) is 4.79 Å². The van der Waals surface area contributed by atoms with E-state index in [4.69, 9.17) is 9.47 Å². The third-order valence-corrected chi connectivity index (χ3v) is 5.64. The lowest BCUT2D eigenvalue weighted by atomic mass is 10.1. The van der Waals surface area contributed by atoms with E-state index in [9.17, 15) is 13.2 Å². The van der Waals surface area contributed by atoms with Crippen LogP contribution in [0.5, 0.6) is 5.75 Å². The van der Waals surface area contributed by atoms with Crippen molar-refractivity contribution in [2.24, 2.45) is 0 Å². The molecule has 0 N–H and O–H groups in total. The van der Waals surface area contributed by atoms with E-state index in [-0.39, 0.29) is 24.6 Å². The van der Waals surface area contributed by atoms with E-state index >= 15 is 0 Å². The summed E-state index contributed by atoms with van der Waals surface area (Å²) in [6, 6.07) is 15.5. The van der Waals surface area contributed by atoms with Crippen LogP contribution in [0, 0.1) is 0 Å². The Balaban J connectivity index is 2.21. The fraction of sp³-hybridized carbons (Fsp3) is 0.316. The van der Waals surface area contributed by atoms with Gasteiger partial charge in [0, 0.05) is 6.54 Å². The number of rotatable bonds is 9. The van der Waals surface area contributed by atoms with Gasteiger partial charge in [0.15, 0.2) is 0 Å². The van der Waals surface area contributed by atoms with Gasteiger partial charge in [-0.15, -0.1) is 0 Å². The van der Waals surface area contributed by atoms with Crippen LogP contribution in [0.3, 0.4) is 0 Å². The minimum atomic E-state index is -3.80. The number of carbonyl (C=O) groups excluding carboxylic acids is 1. The first kappa shape index (κ1) is 19.9. The van der Waals surface area contributed by atoms with Crippen LogP contribution in [-0.4, -0.2) is 45.5 Å². The summed E-state index contributed by atoms with van der Waals surface area (Å²) < 4.78 is 37.1. The molecule has 26 heavy (non-hydrogen) atoms. The van der Waals surface area contributed by atoms with E-state index in [0.29, 0.717) is 12.2 Å². The molecule has 0 unspecified atom stereocenters. The lowest BCUT2D eigenvalue weighted by Gasteiger charge is -2.21. The monoisotopic (exact) mass is 377 g/mol. The summed E-state index contributed by atoms with van der Waals surface area (Å²) in [5.41, 5.74) is 0.918. The van der Waals surface area contributed by atoms with Crippen LogP contribution in [0.25, 0.3) is 0 Å². The highest BCUT2D eigenvalue weighted by Gasteiger charge is 2.26. The van der Waals surface area contributed by atoms with Crippen LogP contribution >= 0.6 is 0 Å². The van der Waals surface area contributed by atoms with Crippen molar-refractivity contribution in [1.29, 1.82) is 0 Å². The Labute approximate surface area is 154 Å². The van der Waals surface area contributed by atoms with E-state index in [0.717, 1.165) is 9.87 Å². The quantitative estimate of drug-likeness (QED) is 0.628. The number of hydrogen-bond acceptors (Lipinski definition) is 5. The van der Waals surface area contributed by atoms with Crippen LogP contribution in [0.4, 0.5) is 0 Å². The molecule has 0 atom stereocenters. The molecule has 0 heterocycles. The van der Waals surface area contributed by atoms with Crippen molar-refractivity contribution in [2.75, 3.05) is 26.8 Å². The van der Waals surface area contributed by atoms with Gasteiger partial charge in [-0.25, -0.2) is 8.42 Å². The van der Waals surface area contributed by atoms with Gasteiger partial charge in [0.1, 0.15) is 12.3 Å². The summed E-state index contributed by atoms with van der Waals surface area (Å²) >= 11 is 0. The molecule has 0 aliphatic rings. The summed E-state index contributed by atoms with van der Waals surface area (Å²) in [6.07, 6.45) is 0.447. The molecule has 0 fully saturated rings. The standard InChI is InChI=1S/C19H23NO5S/c1-3-25-19(21)15-20(26(22,23)18-10-5-4-6-11-18)13-12-16-8-7-9-17(14-16)24-2/h4-11,14H,3,12-13,15H2,1-2H3. The van der Waals surface area contributed by atoms with Crippen LogP contribution in [0.15, 0.2) is 59.5 Å². The summed E-state index contributed by atoms with van der Waals surface area (Å²) in [5.74, 6) is 0.128. The second-order valence-corrected chi connectivity index (χ2v) is 7.50. The maximum atomic E-state index is 12.9. The molecule has 6 nitrogen and oxygen atoms in total. The number of sulfonamides is 1. The SMILES string of the molecule is CCOC(=O)CN(CCc1cccc(OC)c1)S(=O)(=O)c1ccccc1. The Hall–Kier alpha value is -2.38. The van der Waals surface area contributed by atoms with E-state index in [2.05, 4.69) is 0 Å². The van der Waals surface area contributed by atoms with Crippen molar-refractivity contribution in [2.45, 2.75) is 18.2 Å². The molecule has 0 saturated heterocycles. The second-order valence-electron chi connectivity index (χ2n) is 5.56. The molecule has 0 radical (unpaired) electrons. The number of nitrogens with zero attached hydrogens (tertiary/aromatic N) is 1. The zero-order valence-electron chi connectivity index (χ0n) is 14.9. The van der Waals surface area contributed by atoms with Crippen molar-refractivity contribution < 1.29 is 22.7 Å². The average molecular weight is 377 g/mol. The molecule has 0 aliphatic heterocycles. The zero-order chi connectivity index (χ0) is 19.0. The van der Waals surface area contributed by atoms with Crippen molar-refractivity contribution in [3.8, 4) is 5.75 Å². The molecule has 2 rings (SSSR count). The van der Waals surface area contributed by atoms with Crippen LogP contribution in [0.1, 0.15) is 12.5 Å². The lowest BCUT2D eigenvalue weighted by molar-refractivity contribution is -0.143. The highest BCUT2D eigenvalue weighted by Crippen LogP contribution is 2.18. The molecule has 0 saturated carbocycles. The van der Waals surface area contributed by atoms with E-state index in [1.165, 1.54) is 12.1 Å². The minimum absolute atomic E-state index is 0.148. The molecular formula is C19H23NO5S. The van der Waals surface area contributed by atoms with Gasteiger partial charge in [0.2, 0.25) is 10.0 Å². The molecule has 2 aromatic rings. The van der Waals surface area contributed by atoms with Gasteiger partial charge in [-0.05, 0) is 43.2 Å². The van der Waals surface area contributed by atoms with E-state index in [1.807, 2.05) is 24.3 Å². The summed E-state index contributed by atoms with van der Waals surface area (Å²) in [7, 11) is -2.22. The highest BCUT2D eigenvalue weighted by atomic mass is 32.2. The third-order valence-electron chi connectivity index (χ3n) is 3.78. The van der Waals surface area contributed by atoms with Gasteiger partial charge in [-0.2, -0.15) is 4.31 Å². The fourth-order valence-electron chi connectivity index (χ4n) is 2.46. The zero-order valence-corrected chi connectivity index (χ0v) is 15.7. The number of esters is 1. The summed E-state index contributed by atoms with van der Waals surface area (Å²) in [4.78, 5) is 12.0. The largest absolute Gasteiger partial charge is 0.497 e. The molecule has 7 heteroatoms. The smallest absolute Gasteiger partial charge is 0.321 e. The molecule has 0 spiro atoms. The molecule has 0 amide bonds.